The average molecular weight is 368 g/mol. The largest absolute Gasteiger partial charge is 0.493 e. The number of rotatable bonds is 6. The summed E-state index contributed by atoms with van der Waals surface area (Å²) in [5, 5.41) is 8.22. The molecule has 4 rings (SSSR count). The fourth-order valence-electron chi connectivity index (χ4n) is 3.39. The Hall–Kier alpha value is -2.80. The zero-order valence-corrected chi connectivity index (χ0v) is 15.9. The zero-order chi connectivity index (χ0) is 18.8. The Bertz CT molecular complexity index is 948. The summed E-state index contributed by atoms with van der Waals surface area (Å²) in [5.74, 6) is 2.28. The molecule has 27 heavy (non-hydrogen) atoms. The highest BCUT2D eigenvalue weighted by Crippen LogP contribution is 2.32. The molecule has 0 unspecified atom stereocenters. The summed E-state index contributed by atoms with van der Waals surface area (Å²) in [6.07, 6.45) is 2.48. The molecule has 142 valence electrons. The van der Waals surface area contributed by atoms with E-state index >= 15 is 0 Å². The van der Waals surface area contributed by atoms with Gasteiger partial charge >= 0.3 is 0 Å². The van der Waals surface area contributed by atoms with E-state index in [1.165, 1.54) is 0 Å². The third kappa shape index (κ3) is 3.55. The van der Waals surface area contributed by atoms with Crippen LogP contribution >= 0.6 is 0 Å². The number of aryl methyl sites for hydroxylation is 1. The molecule has 2 aromatic heterocycles. The Morgan fingerprint density at radius 3 is 2.78 bits per heavy atom. The second kappa shape index (κ2) is 7.44. The number of benzene rings is 1. The predicted octanol–water partition coefficient (Wildman–Crippen LogP) is 3.31. The third-order valence-electron chi connectivity index (χ3n) is 4.77. The number of ether oxygens (including phenoxy) is 3. The van der Waals surface area contributed by atoms with E-state index in [-0.39, 0.29) is 6.10 Å². The molecular formula is C20H24N4O3. The molecule has 0 amide bonds. The number of fused-ring (bicyclic) bond motifs is 1. The van der Waals surface area contributed by atoms with Gasteiger partial charge in [0.15, 0.2) is 17.1 Å². The van der Waals surface area contributed by atoms with Crippen molar-refractivity contribution in [3.63, 3.8) is 0 Å². The van der Waals surface area contributed by atoms with Gasteiger partial charge in [0.1, 0.15) is 5.82 Å². The third-order valence-corrected chi connectivity index (χ3v) is 4.77. The second-order valence-electron chi connectivity index (χ2n) is 6.67. The van der Waals surface area contributed by atoms with Gasteiger partial charge in [0.25, 0.3) is 0 Å². The minimum Gasteiger partial charge on any atom is -0.493 e. The number of aromatic nitrogens is 3. The number of nitrogens with one attached hydrogen (secondary N) is 1. The maximum absolute atomic E-state index is 5.71. The van der Waals surface area contributed by atoms with Gasteiger partial charge in [-0.25, -0.2) is 4.98 Å². The molecule has 1 aliphatic rings. The Balaban J connectivity index is 1.68. The van der Waals surface area contributed by atoms with E-state index < -0.39 is 0 Å². The summed E-state index contributed by atoms with van der Waals surface area (Å²) in [6.45, 7) is 3.60. The van der Waals surface area contributed by atoms with Gasteiger partial charge in [-0.2, -0.15) is 9.61 Å². The van der Waals surface area contributed by atoms with E-state index in [0.717, 1.165) is 54.4 Å². The molecule has 7 heteroatoms. The first kappa shape index (κ1) is 17.6. The Morgan fingerprint density at radius 1 is 1.19 bits per heavy atom. The highest BCUT2D eigenvalue weighted by atomic mass is 16.5. The average Bonchev–Trinajstić information content (AvgIpc) is 3.35. The maximum atomic E-state index is 5.71. The first-order valence-corrected chi connectivity index (χ1v) is 9.13. The molecule has 0 saturated carbocycles. The van der Waals surface area contributed by atoms with E-state index in [1.54, 1.807) is 14.2 Å². The fourth-order valence-corrected chi connectivity index (χ4v) is 3.39. The first-order valence-electron chi connectivity index (χ1n) is 9.13. The molecule has 0 radical (unpaired) electrons. The lowest BCUT2D eigenvalue weighted by Gasteiger charge is -2.13. The highest BCUT2D eigenvalue weighted by Gasteiger charge is 2.17. The van der Waals surface area contributed by atoms with Gasteiger partial charge in [-0.3, -0.25) is 0 Å². The van der Waals surface area contributed by atoms with Crippen LogP contribution in [0.3, 0.4) is 0 Å². The zero-order valence-electron chi connectivity index (χ0n) is 15.9. The molecule has 0 bridgehead atoms. The van der Waals surface area contributed by atoms with Crippen molar-refractivity contribution in [2.24, 2.45) is 0 Å². The smallest absolute Gasteiger partial charge is 0.161 e. The van der Waals surface area contributed by atoms with E-state index in [9.17, 15) is 0 Å². The summed E-state index contributed by atoms with van der Waals surface area (Å²) < 4.78 is 18.3. The summed E-state index contributed by atoms with van der Waals surface area (Å²) >= 11 is 0. The molecule has 7 nitrogen and oxygen atoms in total. The summed E-state index contributed by atoms with van der Waals surface area (Å²) in [5.41, 5.74) is 3.51. The lowest BCUT2D eigenvalue weighted by molar-refractivity contribution is 0.120. The van der Waals surface area contributed by atoms with Crippen molar-refractivity contribution >= 4 is 11.5 Å². The second-order valence-corrected chi connectivity index (χ2v) is 6.67. The molecule has 0 spiro atoms. The molecule has 3 heterocycles. The molecule has 1 aromatic carbocycles. The van der Waals surface area contributed by atoms with Crippen molar-refractivity contribution in [3.05, 3.63) is 36.0 Å². The van der Waals surface area contributed by atoms with Gasteiger partial charge in [0, 0.05) is 36.5 Å². The first-order chi connectivity index (χ1) is 13.2. The van der Waals surface area contributed by atoms with Crippen LogP contribution in [0.15, 0.2) is 30.3 Å². The topological polar surface area (TPSA) is 69.9 Å². The molecule has 1 aliphatic heterocycles. The molecule has 1 fully saturated rings. The number of anilines is 1. The van der Waals surface area contributed by atoms with Gasteiger partial charge < -0.3 is 19.5 Å². The van der Waals surface area contributed by atoms with Gasteiger partial charge in [-0.15, -0.1) is 0 Å². The van der Waals surface area contributed by atoms with Crippen LogP contribution in [0.1, 0.15) is 18.5 Å². The minimum atomic E-state index is 0.259. The van der Waals surface area contributed by atoms with Crippen LogP contribution in [0, 0.1) is 6.92 Å². The normalized spacial score (nSPS) is 16.6. The van der Waals surface area contributed by atoms with E-state index in [2.05, 4.69) is 10.3 Å². The van der Waals surface area contributed by atoms with Gasteiger partial charge in [0.2, 0.25) is 0 Å². The standard InChI is InChI=1S/C20H24N4O3/c1-13-9-19(21-12-15-5-4-8-27-15)24-20(22-13)11-16(23-24)14-6-7-17(25-2)18(10-14)26-3/h6-7,9-11,15,21H,4-5,8,12H2,1-3H3/t15-/m1/s1. The predicted molar refractivity (Wildman–Crippen MR) is 104 cm³/mol. The highest BCUT2D eigenvalue weighted by molar-refractivity contribution is 5.68. The van der Waals surface area contributed by atoms with Crippen molar-refractivity contribution in [3.8, 4) is 22.8 Å². The van der Waals surface area contributed by atoms with Gasteiger partial charge in [-0.05, 0) is 38.0 Å². The van der Waals surface area contributed by atoms with E-state index in [4.69, 9.17) is 19.3 Å². The molecule has 0 aliphatic carbocycles. The summed E-state index contributed by atoms with van der Waals surface area (Å²) in [4.78, 5) is 4.61. The van der Waals surface area contributed by atoms with Crippen LogP contribution in [0.25, 0.3) is 16.9 Å². The monoisotopic (exact) mass is 368 g/mol. The van der Waals surface area contributed by atoms with Crippen LogP contribution in [-0.2, 0) is 4.74 Å². The number of hydrogen-bond acceptors (Lipinski definition) is 6. The number of hydrogen-bond donors (Lipinski definition) is 1. The van der Waals surface area contributed by atoms with E-state index in [0.29, 0.717) is 11.5 Å². The van der Waals surface area contributed by atoms with Gasteiger partial charge in [0.05, 0.1) is 26.0 Å². The Morgan fingerprint density at radius 2 is 2.04 bits per heavy atom. The van der Waals surface area contributed by atoms with Crippen molar-refractivity contribution < 1.29 is 14.2 Å². The quantitative estimate of drug-likeness (QED) is 0.720. The van der Waals surface area contributed by atoms with E-state index in [1.807, 2.05) is 41.8 Å². The summed E-state index contributed by atoms with van der Waals surface area (Å²) in [6, 6.07) is 9.76. The molecule has 1 saturated heterocycles. The maximum Gasteiger partial charge on any atom is 0.161 e. The van der Waals surface area contributed by atoms with Crippen molar-refractivity contribution in [1.29, 1.82) is 0 Å². The Labute approximate surface area is 158 Å². The number of methoxy groups -OCH3 is 2. The van der Waals surface area contributed by atoms with Crippen molar-refractivity contribution in [1.82, 2.24) is 14.6 Å². The molecule has 3 aromatic rings. The molecule has 1 atom stereocenters. The van der Waals surface area contributed by atoms with Crippen molar-refractivity contribution in [2.45, 2.75) is 25.9 Å². The SMILES string of the molecule is COc1ccc(-c2cc3nc(C)cc(NC[C@H]4CCCO4)n3n2)cc1OC. The lowest BCUT2D eigenvalue weighted by atomic mass is 10.1. The van der Waals surface area contributed by atoms with Crippen LogP contribution in [-0.4, -0.2) is 48.1 Å². The number of nitrogens with zero attached hydrogens (tertiary/aromatic N) is 3. The van der Waals surface area contributed by atoms with Crippen LogP contribution < -0.4 is 14.8 Å². The fraction of sp³-hybridized carbons (Fsp3) is 0.400. The Kier molecular flexibility index (Phi) is 4.85. The molecular weight excluding hydrogens is 344 g/mol. The van der Waals surface area contributed by atoms with Crippen LogP contribution in [0.5, 0.6) is 11.5 Å². The minimum absolute atomic E-state index is 0.259. The van der Waals surface area contributed by atoms with Crippen LogP contribution in [0.4, 0.5) is 5.82 Å². The van der Waals surface area contributed by atoms with Gasteiger partial charge in [-0.1, -0.05) is 0 Å². The van der Waals surface area contributed by atoms with Crippen LogP contribution in [0.2, 0.25) is 0 Å². The molecule has 1 N–H and O–H groups in total. The van der Waals surface area contributed by atoms with Crippen molar-refractivity contribution in [2.75, 3.05) is 32.7 Å². The lowest BCUT2D eigenvalue weighted by Crippen LogP contribution is -2.20. The summed E-state index contributed by atoms with van der Waals surface area (Å²) in [7, 11) is 3.25.